The first kappa shape index (κ1) is 20.2. The zero-order valence-electron chi connectivity index (χ0n) is 17.5. The lowest BCUT2D eigenvalue weighted by Gasteiger charge is -2.43. The van der Waals surface area contributed by atoms with Crippen molar-refractivity contribution in [3.05, 3.63) is 29.8 Å². The third-order valence-electron chi connectivity index (χ3n) is 6.93. The summed E-state index contributed by atoms with van der Waals surface area (Å²) in [4.78, 5) is 27.8. The molecule has 0 bridgehead atoms. The van der Waals surface area contributed by atoms with Gasteiger partial charge in [0.25, 0.3) is 0 Å². The average molecular weight is 401 g/mol. The lowest BCUT2D eigenvalue weighted by atomic mass is 9.83. The molecule has 3 fully saturated rings. The van der Waals surface area contributed by atoms with E-state index in [1.807, 2.05) is 29.2 Å². The third-order valence-corrected chi connectivity index (χ3v) is 6.93. The number of likely N-dealkylation sites (tertiary alicyclic amines) is 1. The summed E-state index contributed by atoms with van der Waals surface area (Å²) in [6, 6.07) is 7.91. The normalized spacial score (nSPS) is 22.1. The molecular weight excluding hydrogens is 368 g/mol. The standard InChI is InChI=1S/C23H32N2O4/c1-28-16-13-22(24-20(26)17-3-4-17)11-14-25(15-12-22)21(27)23(9-10-23)18-5-7-19(29-2)8-6-18/h5-8,17H,3-4,9-16H2,1-2H3,(H,24,26). The first-order chi connectivity index (χ1) is 14.0. The second kappa shape index (κ2) is 7.98. The summed E-state index contributed by atoms with van der Waals surface area (Å²) in [5.41, 5.74) is 0.473. The number of nitrogens with one attached hydrogen (secondary N) is 1. The van der Waals surface area contributed by atoms with Crippen molar-refractivity contribution in [2.75, 3.05) is 33.9 Å². The third kappa shape index (κ3) is 4.13. The largest absolute Gasteiger partial charge is 0.497 e. The van der Waals surface area contributed by atoms with Crippen molar-refractivity contribution in [3.8, 4) is 5.75 Å². The summed E-state index contributed by atoms with van der Waals surface area (Å²) in [6.07, 6.45) is 6.19. The van der Waals surface area contributed by atoms with E-state index in [0.717, 1.165) is 56.3 Å². The smallest absolute Gasteiger partial charge is 0.233 e. The van der Waals surface area contributed by atoms with Gasteiger partial charge < -0.3 is 19.7 Å². The molecule has 1 N–H and O–H groups in total. The number of carbonyl (C=O) groups is 2. The summed E-state index contributed by atoms with van der Waals surface area (Å²) in [6.45, 7) is 1.99. The van der Waals surface area contributed by atoms with Gasteiger partial charge in [0.1, 0.15) is 5.75 Å². The van der Waals surface area contributed by atoms with E-state index in [1.165, 1.54) is 0 Å². The summed E-state index contributed by atoms with van der Waals surface area (Å²) < 4.78 is 10.5. The van der Waals surface area contributed by atoms with Gasteiger partial charge in [-0.05, 0) is 62.6 Å². The molecule has 2 aliphatic carbocycles. The summed E-state index contributed by atoms with van der Waals surface area (Å²) >= 11 is 0. The molecule has 0 radical (unpaired) electrons. The molecule has 0 spiro atoms. The molecule has 2 saturated carbocycles. The van der Waals surface area contributed by atoms with E-state index in [2.05, 4.69) is 5.32 Å². The number of amides is 2. The fraction of sp³-hybridized carbons (Fsp3) is 0.652. The first-order valence-electron chi connectivity index (χ1n) is 10.8. The van der Waals surface area contributed by atoms with Gasteiger partial charge in [-0.25, -0.2) is 0 Å². The van der Waals surface area contributed by atoms with Crippen molar-refractivity contribution in [2.45, 2.75) is 55.9 Å². The van der Waals surface area contributed by atoms with Crippen LogP contribution in [0.15, 0.2) is 24.3 Å². The number of benzene rings is 1. The number of nitrogens with zero attached hydrogens (tertiary/aromatic N) is 1. The van der Waals surface area contributed by atoms with Crippen LogP contribution in [0.4, 0.5) is 0 Å². The Labute approximate surface area is 172 Å². The number of hydrogen-bond donors (Lipinski definition) is 1. The van der Waals surface area contributed by atoms with Crippen LogP contribution in [0.5, 0.6) is 5.75 Å². The Morgan fingerprint density at radius 2 is 1.72 bits per heavy atom. The molecule has 0 atom stereocenters. The molecule has 1 aromatic rings. The highest BCUT2D eigenvalue weighted by molar-refractivity contribution is 5.91. The second-order valence-corrected chi connectivity index (χ2v) is 8.89. The molecule has 3 aliphatic rings. The van der Waals surface area contributed by atoms with Gasteiger partial charge in [-0.1, -0.05) is 12.1 Å². The fourth-order valence-electron chi connectivity index (χ4n) is 4.55. The molecule has 1 heterocycles. The van der Waals surface area contributed by atoms with Gasteiger partial charge in [0.2, 0.25) is 11.8 Å². The van der Waals surface area contributed by atoms with Gasteiger partial charge in [-0.15, -0.1) is 0 Å². The Hall–Kier alpha value is -2.08. The summed E-state index contributed by atoms with van der Waals surface area (Å²) in [5.74, 6) is 1.41. The van der Waals surface area contributed by atoms with Crippen molar-refractivity contribution in [1.29, 1.82) is 0 Å². The van der Waals surface area contributed by atoms with Gasteiger partial charge in [-0.2, -0.15) is 0 Å². The maximum absolute atomic E-state index is 13.4. The predicted molar refractivity (Wildman–Crippen MR) is 110 cm³/mol. The molecular formula is C23H32N2O4. The van der Waals surface area contributed by atoms with Crippen molar-refractivity contribution < 1.29 is 19.1 Å². The topological polar surface area (TPSA) is 67.9 Å². The van der Waals surface area contributed by atoms with Crippen molar-refractivity contribution in [1.82, 2.24) is 10.2 Å². The molecule has 0 unspecified atom stereocenters. The number of rotatable bonds is 8. The van der Waals surface area contributed by atoms with Crippen LogP contribution in [0, 0.1) is 5.92 Å². The minimum atomic E-state index is -0.365. The Morgan fingerprint density at radius 3 is 2.24 bits per heavy atom. The van der Waals surface area contributed by atoms with Crippen molar-refractivity contribution >= 4 is 11.8 Å². The Morgan fingerprint density at radius 1 is 1.07 bits per heavy atom. The first-order valence-corrected chi connectivity index (χ1v) is 10.8. The van der Waals surface area contributed by atoms with E-state index in [9.17, 15) is 9.59 Å². The van der Waals surface area contributed by atoms with Crippen LogP contribution in [-0.2, 0) is 19.7 Å². The van der Waals surface area contributed by atoms with E-state index in [-0.39, 0.29) is 28.7 Å². The van der Waals surface area contributed by atoms with E-state index in [0.29, 0.717) is 19.7 Å². The van der Waals surface area contributed by atoms with Gasteiger partial charge in [0, 0.05) is 38.3 Å². The molecule has 29 heavy (non-hydrogen) atoms. The second-order valence-electron chi connectivity index (χ2n) is 8.89. The summed E-state index contributed by atoms with van der Waals surface area (Å²) in [7, 11) is 3.35. The molecule has 2 amide bonds. The van der Waals surface area contributed by atoms with Gasteiger partial charge in [0.05, 0.1) is 12.5 Å². The lowest BCUT2D eigenvalue weighted by molar-refractivity contribution is -0.136. The number of methoxy groups -OCH3 is 2. The molecule has 1 saturated heterocycles. The maximum Gasteiger partial charge on any atom is 0.233 e. The molecule has 1 aromatic carbocycles. The molecule has 6 heteroatoms. The maximum atomic E-state index is 13.4. The minimum Gasteiger partial charge on any atom is -0.497 e. The average Bonchev–Trinajstić information content (AvgIpc) is 3.66. The number of piperidine rings is 1. The Bertz CT molecular complexity index is 745. The van der Waals surface area contributed by atoms with Crippen LogP contribution < -0.4 is 10.1 Å². The van der Waals surface area contributed by atoms with E-state index in [1.54, 1.807) is 14.2 Å². The van der Waals surface area contributed by atoms with Gasteiger partial charge in [0.15, 0.2) is 0 Å². The number of ether oxygens (including phenoxy) is 2. The van der Waals surface area contributed by atoms with Crippen molar-refractivity contribution in [3.63, 3.8) is 0 Å². The summed E-state index contributed by atoms with van der Waals surface area (Å²) in [5, 5.41) is 3.32. The predicted octanol–water partition coefficient (Wildman–Crippen LogP) is 2.65. The Kier molecular flexibility index (Phi) is 5.56. The van der Waals surface area contributed by atoms with Crippen LogP contribution in [-0.4, -0.2) is 56.2 Å². The van der Waals surface area contributed by atoms with Crippen LogP contribution >= 0.6 is 0 Å². The van der Waals surface area contributed by atoms with Gasteiger partial charge in [-0.3, -0.25) is 9.59 Å². The number of carbonyl (C=O) groups excluding carboxylic acids is 2. The zero-order valence-corrected chi connectivity index (χ0v) is 17.5. The minimum absolute atomic E-state index is 0.178. The Balaban J connectivity index is 1.41. The van der Waals surface area contributed by atoms with Crippen LogP contribution in [0.3, 0.4) is 0 Å². The zero-order chi connectivity index (χ0) is 20.5. The quantitative estimate of drug-likeness (QED) is 0.729. The molecule has 1 aliphatic heterocycles. The van der Waals surface area contributed by atoms with E-state index in [4.69, 9.17) is 9.47 Å². The molecule has 4 rings (SSSR count). The fourth-order valence-corrected chi connectivity index (χ4v) is 4.55. The van der Waals surface area contributed by atoms with Gasteiger partial charge >= 0.3 is 0 Å². The van der Waals surface area contributed by atoms with Crippen LogP contribution in [0.25, 0.3) is 0 Å². The SMILES string of the molecule is COCCC1(NC(=O)C2CC2)CCN(C(=O)C2(c3ccc(OC)cc3)CC2)CC1. The van der Waals surface area contributed by atoms with E-state index >= 15 is 0 Å². The highest BCUT2D eigenvalue weighted by atomic mass is 16.5. The van der Waals surface area contributed by atoms with Crippen molar-refractivity contribution in [2.24, 2.45) is 5.92 Å². The van der Waals surface area contributed by atoms with E-state index < -0.39 is 0 Å². The van der Waals surface area contributed by atoms with Crippen LogP contribution in [0.2, 0.25) is 0 Å². The highest BCUT2D eigenvalue weighted by Crippen LogP contribution is 2.50. The molecule has 0 aromatic heterocycles. The van der Waals surface area contributed by atoms with Crippen LogP contribution in [0.1, 0.15) is 50.5 Å². The monoisotopic (exact) mass is 400 g/mol. The lowest BCUT2D eigenvalue weighted by Crippen LogP contribution is -2.58. The number of hydrogen-bond acceptors (Lipinski definition) is 4. The molecule has 6 nitrogen and oxygen atoms in total. The highest BCUT2D eigenvalue weighted by Gasteiger charge is 2.54. The molecule has 158 valence electrons.